The fraction of sp³-hybridized carbons (Fsp3) is 0.650. The minimum atomic E-state index is 0.295. The van der Waals surface area contributed by atoms with E-state index >= 15 is 0 Å². The van der Waals surface area contributed by atoms with E-state index in [1.807, 2.05) is 11.8 Å². The van der Waals surface area contributed by atoms with Gasteiger partial charge in [0, 0.05) is 19.7 Å². The van der Waals surface area contributed by atoms with Crippen molar-refractivity contribution in [2.24, 2.45) is 0 Å². The summed E-state index contributed by atoms with van der Waals surface area (Å²) in [6.07, 6.45) is 4.62. The van der Waals surface area contributed by atoms with Crippen molar-refractivity contribution in [3.05, 3.63) is 35.9 Å². The van der Waals surface area contributed by atoms with Gasteiger partial charge in [0.2, 0.25) is 5.91 Å². The van der Waals surface area contributed by atoms with Crippen LogP contribution in [-0.2, 0) is 9.53 Å². The first kappa shape index (κ1) is 17.4. The Hall–Kier alpha value is -1.39. The first-order chi connectivity index (χ1) is 11.8. The van der Waals surface area contributed by atoms with E-state index in [0.29, 0.717) is 24.5 Å². The van der Waals surface area contributed by atoms with Crippen LogP contribution in [0.1, 0.15) is 44.1 Å². The molecule has 3 rings (SSSR count). The summed E-state index contributed by atoms with van der Waals surface area (Å²) < 4.78 is 5.67. The van der Waals surface area contributed by atoms with Gasteiger partial charge in [-0.2, -0.15) is 0 Å². The molecule has 24 heavy (non-hydrogen) atoms. The van der Waals surface area contributed by atoms with Gasteiger partial charge in [-0.25, -0.2) is 0 Å². The fourth-order valence-corrected chi connectivity index (χ4v) is 3.95. The van der Waals surface area contributed by atoms with E-state index < -0.39 is 0 Å². The molecule has 0 aliphatic carbocycles. The Morgan fingerprint density at radius 3 is 2.33 bits per heavy atom. The lowest BCUT2D eigenvalue weighted by Crippen LogP contribution is -2.47. The minimum absolute atomic E-state index is 0.295. The van der Waals surface area contributed by atoms with Gasteiger partial charge in [-0.15, -0.1) is 0 Å². The molecule has 2 aliphatic heterocycles. The van der Waals surface area contributed by atoms with Gasteiger partial charge in [0.25, 0.3) is 0 Å². The molecule has 0 atom stereocenters. The highest BCUT2D eigenvalue weighted by Crippen LogP contribution is 2.27. The Bertz CT molecular complexity index is 504. The highest BCUT2D eigenvalue weighted by Gasteiger charge is 2.26. The summed E-state index contributed by atoms with van der Waals surface area (Å²) in [4.78, 5) is 16.9. The zero-order valence-corrected chi connectivity index (χ0v) is 14.8. The minimum Gasteiger partial charge on any atom is -0.378 e. The summed E-state index contributed by atoms with van der Waals surface area (Å²) in [6.45, 7) is 7.15. The standard InChI is InChI=1S/C20H30N2O2/c1-2-24-19-10-14-22(15-11-19)20(23)16-21-12-8-18(9-13-21)17-6-4-3-5-7-17/h3-7,18-19H,2,8-16H2,1H3. The molecule has 1 aromatic rings. The lowest BCUT2D eigenvalue weighted by atomic mass is 9.89. The molecule has 0 radical (unpaired) electrons. The second-order valence-corrected chi connectivity index (χ2v) is 7.00. The zero-order chi connectivity index (χ0) is 16.8. The number of hydrogen-bond acceptors (Lipinski definition) is 3. The van der Waals surface area contributed by atoms with E-state index in [-0.39, 0.29) is 0 Å². The van der Waals surface area contributed by atoms with E-state index in [0.717, 1.165) is 58.5 Å². The Labute approximate surface area is 145 Å². The normalized spacial score (nSPS) is 21.1. The quantitative estimate of drug-likeness (QED) is 0.832. The van der Waals surface area contributed by atoms with Crippen LogP contribution in [0.2, 0.25) is 0 Å². The molecule has 2 aliphatic rings. The molecule has 4 heteroatoms. The van der Waals surface area contributed by atoms with Crippen LogP contribution in [0.25, 0.3) is 0 Å². The number of rotatable bonds is 5. The van der Waals surface area contributed by atoms with E-state index in [2.05, 4.69) is 35.2 Å². The molecule has 1 aromatic carbocycles. The number of ether oxygens (including phenoxy) is 1. The molecule has 2 heterocycles. The van der Waals surface area contributed by atoms with Crippen LogP contribution in [0, 0.1) is 0 Å². The average molecular weight is 330 g/mol. The molecule has 1 amide bonds. The number of likely N-dealkylation sites (tertiary alicyclic amines) is 2. The van der Waals surface area contributed by atoms with Crippen molar-refractivity contribution >= 4 is 5.91 Å². The third-order valence-electron chi connectivity index (χ3n) is 5.41. The SMILES string of the molecule is CCOC1CCN(C(=O)CN2CCC(c3ccccc3)CC2)CC1. The van der Waals surface area contributed by atoms with Crippen molar-refractivity contribution in [3.8, 4) is 0 Å². The summed E-state index contributed by atoms with van der Waals surface area (Å²) >= 11 is 0. The summed E-state index contributed by atoms with van der Waals surface area (Å²) in [6, 6.07) is 10.8. The number of nitrogens with zero attached hydrogens (tertiary/aromatic N) is 2. The fourth-order valence-electron chi connectivity index (χ4n) is 3.95. The number of hydrogen-bond donors (Lipinski definition) is 0. The number of amides is 1. The van der Waals surface area contributed by atoms with Crippen LogP contribution in [0.3, 0.4) is 0 Å². The maximum atomic E-state index is 12.5. The van der Waals surface area contributed by atoms with E-state index in [1.165, 1.54) is 5.56 Å². The van der Waals surface area contributed by atoms with Crippen molar-refractivity contribution in [3.63, 3.8) is 0 Å². The molecule has 0 spiro atoms. The molecule has 0 N–H and O–H groups in total. The lowest BCUT2D eigenvalue weighted by Gasteiger charge is -2.35. The Morgan fingerprint density at radius 1 is 1.04 bits per heavy atom. The van der Waals surface area contributed by atoms with Crippen molar-refractivity contribution in [2.45, 2.75) is 44.6 Å². The van der Waals surface area contributed by atoms with Crippen molar-refractivity contribution < 1.29 is 9.53 Å². The Balaban J connectivity index is 1.41. The van der Waals surface area contributed by atoms with Gasteiger partial charge in [-0.1, -0.05) is 30.3 Å². The largest absolute Gasteiger partial charge is 0.378 e. The number of piperidine rings is 2. The zero-order valence-electron chi connectivity index (χ0n) is 14.8. The van der Waals surface area contributed by atoms with Gasteiger partial charge in [0.1, 0.15) is 0 Å². The molecule has 2 saturated heterocycles. The maximum Gasteiger partial charge on any atom is 0.236 e. The predicted molar refractivity (Wildman–Crippen MR) is 96.1 cm³/mol. The Kier molecular flexibility index (Phi) is 6.27. The number of carbonyl (C=O) groups is 1. The van der Waals surface area contributed by atoms with Crippen molar-refractivity contribution in [1.82, 2.24) is 9.80 Å². The van der Waals surface area contributed by atoms with Crippen LogP contribution in [0.5, 0.6) is 0 Å². The van der Waals surface area contributed by atoms with E-state index in [9.17, 15) is 4.79 Å². The summed E-state index contributed by atoms with van der Waals surface area (Å²) in [7, 11) is 0. The van der Waals surface area contributed by atoms with Crippen LogP contribution in [0.4, 0.5) is 0 Å². The molecule has 0 unspecified atom stereocenters. The molecular weight excluding hydrogens is 300 g/mol. The van der Waals surface area contributed by atoms with Crippen LogP contribution in [0.15, 0.2) is 30.3 Å². The molecule has 0 bridgehead atoms. The Morgan fingerprint density at radius 2 is 1.71 bits per heavy atom. The average Bonchev–Trinajstić information content (AvgIpc) is 2.64. The molecule has 2 fully saturated rings. The van der Waals surface area contributed by atoms with Gasteiger partial charge in [0.05, 0.1) is 12.6 Å². The first-order valence-corrected chi connectivity index (χ1v) is 9.43. The topological polar surface area (TPSA) is 32.8 Å². The molecule has 0 saturated carbocycles. The number of carbonyl (C=O) groups excluding carboxylic acids is 1. The van der Waals surface area contributed by atoms with Gasteiger partial charge < -0.3 is 9.64 Å². The molecular formula is C20H30N2O2. The highest BCUT2D eigenvalue weighted by molar-refractivity contribution is 5.78. The third-order valence-corrected chi connectivity index (χ3v) is 5.41. The highest BCUT2D eigenvalue weighted by atomic mass is 16.5. The van der Waals surface area contributed by atoms with Crippen molar-refractivity contribution in [2.75, 3.05) is 39.3 Å². The van der Waals surface area contributed by atoms with Crippen LogP contribution >= 0.6 is 0 Å². The van der Waals surface area contributed by atoms with E-state index in [4.69, 9.17) is 4.74 Å². The molecule has 0 aromatic heterocycles. The summed E-state index contributed by atoms with van der Waals surface area (Å²) in [5.74, 6) is 0.947. The van der Waals surface area contributed by atoms with Crippen LogP contribution in [-0.4, -0.2) is 61.1 Å². The number of benzene rings is 1. The van der Waals surface area contributed by atoms with Crippen molar-refractivity contribution in [1.29, 1.82) is 0 Å². The van der Waals surface area contributed by atoms with E-state index in [1.54, 1.807) is 0 Å². The monoisotopic (exact) mass is 330 g/mol. The first-order valence-electron chi connectivity index (χ1n) is 9.43. The summed E-state index contributed by atoms with van der Waals surface area (Å²) in [5.41, 5.74) is 1.45. The van der Waals surface area contributed by atoms with Gasteiger partial charge in [0.15, 0.2) is 0 Å². The van der Waals surface area contributed by atoms with Gasteiger partial charge in [-0.3, -0.25) is 9.69 Å². The summed E-state index contributed by atoms with van der Waals surface area (Å²) in [5, 5.41) is 0. The van der Waals surface area contributed by atoms with Gasteiger partial charge >= 0.3 is 0 Å². The predicted octanol–water partition coefficient (Wildman–Crippen LogP) is 2.89. The third kappa shape index (κ3) is 4.58. The molecule has 4 nitrogen and oxygen atoms in total. The lowest BCUT2D eigenvalue weighted by molar-refractivity contribution is -0.135. The van der Waals surface area contributed by atoms with Gasteiger partial charge in [-0.05, 0) is 57.2 Å². The maximum absolute atomic E-state index is 12.5. The van der Waals surface area contributed by atoms with Crippen LogP contribution < -0.4 is 0 Å². The molecule has 132 valence electrons. The smallest absolute Gasteiger partial charge is 0.236 e. The second kappa shape index (κ2) is 8.63. The second-order valence-electron chi connectivity index (χ2n) is 7.00.